The molecular weight excluding hydrogens is 915 g/mol. The van der Waals surface area contributed by atoms with Gasteiger partial charge in [0.2, 0.25) is 0 Å². The topological polar surface area (TPSA) is 219 Å². The molecule has 72 heavy (non-hydrogen) atoms. The van der Waals surface area contributed by atoms with E-state index in [0.29, 0.717) is 65.1 Å². The Morgan fingerprint density at radius 3 is 1.88 bits per heavy atom. The highest BCUT2D eigenvalue weighted by Gasteiger charge is 2.67. The number of pyridine rings is 1. The van der Waals surface area contributed by atoms with Gasteiger partial charge in [-0.1, -0.05) is 42.5 Å². The monoisotopic (exact) mass is 964 g/mol. The number of hydrogen-bond donors (Lipinski definition) is 5. The molecule has 5 aromatic heterocycles. The third-order valence-corrected chi connectivity index (χ3v) is 16.6. The van der Waals surface area contributed by atoms with Gasteiger partial charge in [0.15, 0.2) is 11.3 Å². The van der Waals surface area contributed by atoms with Crippen LogP contribution in [-0.2, 0) is 17.4 Å². The van der Waals surface area contributed by atoms with Crippen LogP contribution >= 0.6 is 0 Å². The van der Waals surface area contributed by atoms with Crippen LogP contribution in [0.2, 0.25) is 0 Å². The lowest BCUT2D eigenvalue weighted by molar-refractivity contribution is 0.0965. The number of aromatic nitrogens is 9. The summed E-state index contributed by atoms with van der Waals surface area (Å²) in [5.41, 5.74) is 21.0. The lowest BCUT2D eigenvalue weighted by atomic mass is 9.91. The van der Waals surface area contributed by atoms with Gasteiger partial charge in [0.25, 0.3) is 5.91 Å². The van der Waals surface area contributed by atoms with Gasteiger partial charge >= 0.3 is 0 Å². The van der Waals surface area contributed by atoms with Gasteiger partial charge < -0.3 is 31.3 Å². The highest BCUT2D eigenvalue weighted by atomic mass is 19.1. The van der Waals surface area contributed by atoms with Gasteiger partial charge in [0, 0.05) is 91.1 Å². The normalized spacial score (nSPS) is 23.8. The van der Waals surface area contributed by atoms with Crippen LogP contribution in [0.3, 0.4) is 0 Å². The summed E-state index contributed by atoms with van der Waals surface area (Å²) in [5, 5.41) is 19.9. The van der Waals surface area contributed by atoms with Crippen molar-refractivity contribution in [1.29, 1.82) is 0 Å². The van der Waals surface area contributed by atoms with Gasteiger partial charge in [0.1, 0.15) is 51.4 Å². The van der Waals surface area contributed by atoms with Crippen molar-refractivity contribution < 1.29 is 18.3 Å². The average Bonchev–Trinajstić information content (AvgIpc) is 3.94. The second kappa shape index (κ2) is 16.8. The molecule has 2 saturated carbocycles. The van der Waals surface area contributed by atoms with E-state index in [9.17, 15) is 13.6 Å². The Labute approximate surface area is 411 Å². The molecule has 8 heterocycles. The summed E-state index contributed by atoms with van der Waals surface area (Å²) < 4.78 is 34.9. The first-order valence-corrected chi connectivity index (χ1v) is 24.4. The molecule has 7 N–H and O–H groups in total. The molecule has 14 rings (SSSR count). The number of carbonyl (C=O) groups excluding carboxylic acids is 1. The summed E-state index contributed by atoms with van der Waals surface area (Å²) in [7, 11) is 1.65. The number of fused-ring (bicyclic) bond motifs is 6. The molecule has 0 spiro atoms. The second-order valence-corrected chi connectivity index (χ2v) is 19.6. The van der Waals surface area contributed by atoms with E-state index < -0.39 is 0 Å². The number of ether oxygens (including phenoxy) is 1. The number of H-pyrrole nitrogens is 2. The van der Waals surface area contributed by atoms with Gasteiger partial charge in [-0.25, -0.2) is 28.7 Å². The van der Waals surface area contributed by atoms with E-state index in [0.717, 1.165) is 101 Å². The minimum absolute atomic E-state index is 0.0454. The zero-order chi connectivity index (χ0) is 48.9. The molecule has 5 aliphatic rings. The van der Waals surface area contributed by atoms with E-state index in [2.05, 4.69) is 40.5 Å². The number of anilines is 2. The van der Waals surface area contributed by atoms with E-state index in [4.69, 9.17) is 36.1 Å². The minimum Gasteiger partial charge on any atom is -0.496 e. The van der Waals surface area contributed by atoms with Gasteiger partial charge in [-0.3, -0.25) is 20.0 Å². The maximum absolute atomic E-state index is 14.7. The molecule has 0 unspecified atom stereocenters. The molecular formula is C54H50F2N14O2. The molecule has 4 fully saturated rings. The van der Waals surface area contributed by atoms with Gasteiger partial charge in [-0.2, -0.15) is 10.2 Å². The quantitative estimate of drug-likeness (QED) is 0.100. The summed E-state index contributed by atoms with van der Waals surface area (Å²) in [6.45, 7) is 4.59. The summed E-state index contributed by atoms with van der Waals surface area (Å²) >= 11 is 0. The van der Waals surface area contributed by atoms with Crippen molar-refractivity contribution in [3.63, 3.8) is 0 Å². The number of methoxy groups -OCH3 is 1. The van der Waals surface area contributed by atoms with Gasteiger partial charge in [0.05, 0.1) is 19.5 Å². The third-order valence-electron chi connectivity index (χ3n) is 16.6. The summed E-state index contributed by atoms with van der Waals surface area (Å²) in [6.07, 6.45) is 9.02. The third kappa shape index (κ3) is 6.68. The van der Waals surface area contributed by atoms with Crippen LogP contribution in [-0.4, -0.2) is 97.6 Å². The van der Waals surface area contributed by atoms with E-state index >= 15 is 0 Å². The minimum atomic E-state index is -0.303. The highest BCUT2D eigenvalue weighted by molar-refractivity contribution is 6.03. The van der Waals surface area contributed by atoms with Crippen molar-refractivity contribution in [2.45, 2.75) is 30.2 Å². The SMILES string of the molecule is COc1ccc(-c2n[nH]c3nc(N4CC[C@@H]5[C@H](C4)[C@@]5(CN)c4ccccc4F)cnc23)c2ccncc12.NC[C@]1(c2ccccc2F)[C@@H]2CCN(c3cnc4c(-c5ccc6c(c5)CNC6=O)n[nH]c4n3)C[C@@H]21. The molecule has 4 aromatic carbocycles. The van der Waals surface area contributed by atoms with E-state index in [1.165, 1.54) is 12.1 Å². The van der Waals surface area contributed by atoms with E-state index in [1.54, 1.807) is 37.8 Å². The maximum atomic E-state index is 14.7. The van der Waals surface area contributed by atoms with Crippen molar-refractivity contribution in [3.8, 4) is 28.3 Å². The van der Waals surface area contributed by atoms with Crippen LogP contribution in [0.15, 0.2) is 110 Å². The predicted molar refractivity (Wildman–Crippen MR) is 269 cm³/mol. The Morgan fingerprint density at radius 2 is 1.28 bits per heavy atom. The smallest absolute Gasteiger partial charge is 0.251 e. The Bertz CT molecular complexity index is 3620. The van der Waals surface area contributed by atoms with Crippen molar-refractivity contribution in [2.75, 3.05) is 56.2 Å². The summed E-state index contributed by atoms with van der Waals surface area (Å²) in [5.74, 6) is 3.30. The molecule has 2 saturated heterocycles. The standard InChI is InChI=1S/C28H26FN7O.C26H24FN7O/c1-37-23-7-6-17(16-8-10-31-12-18(16)23)25-26-27(35-34-25)33-24(13-32-26)36-11-9-19-21(14-36)28(19,15-30)20-4-2-3-5-22(20)29;27-20-4-2-1-3-18(20)26(13-28)17-7-8-34(12-19(17)26)21-11-29-23-22(32-33-24(23)31-21)14-5-6-16-15(9-14)10-30-25(16)35/h2-8,10,12-13,19,21H,9,11,14-15,30H2,1H3,(H,33,34,35);1-6,9,11,17,19H,7-8,10,12-13,28H2,(H,30,35)(H,31,32,33)/t19-,21+,28-;17-,19+,26-/m11/s1. The summed E-state index contributed by atoms with van der Waals surface area (Å²) in [4.78, 5) is 39.8. The fraction of sp³-hybridized carbons (Fsp3) is 0.296. The molecule has 2 aliphatic carbocycles. The van der Waals surface area contributed by atoms with Crippen molar-refractivity contribution >= 4 is 50.6 Å². The molecule has 6 atom stereocenters. The Hall–Kier alpha value is -7.96. The number of amides is 1. The fourth-order valence-corrected chi connectivity index (χ4v) is 12.9. The van der Waals surface area contributed by atoms with Crippen LogP contribution in [0, 0.1) is 35.3 Å². The molecule has 9 aromatic rings. The predicted octanol–water partition coefficient (Wildman–Crippen LogP) is 6.82. The largest absolute Gasteiger partial charge is 0.496 e. The second-order valence-electron chi connectivity index (χ2n) is 19.6. The van der Waals surface area contributed by atoms with Crippen LogP contribution in [0.25, 0.3) is 55.6 Å². The average molecular weight is 965 g/mol. The van der Waals surface area contributed by atoms with Crippen LogP contribution < -0.4 is 31.3 Å². The molecule has 0 bridgehead atoms. The Balaban J connectivity index is 0.000000140. The first-order valence-electron chi connectivity index (χ1n) is 24.4. The summed E-state index contributed by atoms with van der Waals surface area (Å²) in [6, 6.07) is 25.6. The Kier molecular flexibility index (Phi) is 10.3. The number of aromatic amines is 2. The molecule has 18 heteroatoms. The van der Waals surface area contributed by atoms with Crippen LogP contribution in [0.4, 0.5) is 20.4 Å². The highest BCUT2D eigenvalue weighted by Crippen LogP contribution is 2.64. The maximum Gasteiger partial charge on any atom is 0.251 e. The van der Waals surface area contributed by atoms with Gasteiger partial charge in [-0.15, -0.1) is 0 Å². The lowest BCUT2D eigenvalue weighted by Gasteiger charge is -2.26. The first kappa shape index (κ1) is 44.0. The number of piperidine rings is 2. The van der Waals surface area contributed by atoms with Crippen LogP contribution in [0.1, 0.15) is 39.9 Å². The zero-order valence-electron chi connectivity index (χ0n) is 39.3. The number of carbonyl (C=O) groups is 1. The first-order chi connectivity index (χ1) is 35.2. The number of hydrogen-bond acceptors (Lipinski definition) is 13. The van der Waals surface area contributed by atoms with Crippen molar-refractivity contribution in [2.24, 2.45) is 35.1 Å². The number of halogens is 2. The Morgan fingerprint density at radius 1 is 0.694 bits per heavy atom. The van der Waals surface area contributed by atoms with Gasteiger partial charge in [-0.05, 0) is 101 Å². The van der Waals surface area contributed by atoms with E-state index in [1.807, 2.05) is 66.9 Å². The lowest BCUT2D eigenvalue weighted by Crippen LogP contribution is -2.32. The van der Waals surface area contributed by atoms with Crippen molar-refractivity contribution in [3.05, 3.63) is 144 Å². The molecule has 1 amide bonds. The molecule has 3 aliphatic heterocycles. The molecule has 0 radical (unpaired) electrons. The fourth-order valence-electron chi connectivity index (χ4n) is 12.9. The number of rotatable bonds is 9. The number of benzene rings is 4. The number of nitrogens with zero attached hydrogens (tertiary/aromatic N) is 9. The molecule has 362 valence electrons. The number of nitrogens with two attached hydrogens (primary N) is 2. The van der Waals surface area contributed by atoms with E-state index in [-0.39, 0.29) is 40.2 Å². The zero-order valence-corrected chi connectivity index (χ0v) is 39.3. The number of nitrogens with one attached hydrogen (secondary N) is 3. The van der Waals surface area contributed by atoms with Crippen molar-refractivity contribution in [1.82, 2.24) is 50.6 Å². The van der Waals surface area contributed by atoms with Crippen LogP contribution in [0.5, 0.6) is 5.75 Å². The molecule has 16 nitrogen and oxygen atoms in total.